The fourth-order valence-corrected chi connectivity index (χ4v) is 7.47. The van der Waals surface area contributed by atoms with Crippen LogP contribution in [0.15, 0.2) is 46.9 Å². The minimum Gasteiger partial charge on any atom is -0.481 e. The number of nitrogens with zero attached hydrogens (tertiary/aromatic N) is 4. The van der Waals surface area contributed by atoms with E-state index in [-0.39, 0.29) is 12.5 Å². The van der Waals surface area contributed by atoms with Crippen molar-refractivity contribution in [1.82, 2.24) is 25.5 Å². The Bertz CT molecular complexity index is 1470. The monoisotopic (exact) mass is 593 g/mol. The number of hydrogen-bond donors (Lipinski definition) is 2. The molecule has 2 aromatic heterocycles. The average molecular weight is 595 g/mol. The normalized spacial score (nSPS) is 16.7. The molecule has 2 aliphatic carbocycles. The second-order valence-corrected chi connectivity index (χ2v) is 12.4. The first kappa shape index (κ1) is 25.2. The van der Waals surface area contributed by atoms with E-state index >= 15 is 0 Å². The predicted octanol–water partition coefficient (Wildman–Crippen LogP) is 6.28. The highest BCUT2D eigenvalue weighted by Gasteiger charge is 2.44. The highest BCUT2D eigenvalue weighted by molar-refractivity contribution is 9.10. The van der Waals surface area contributed by atoms with Crippen LogP contribution in [-0.4, -0.2) is 49.1 Å². The van der Waals surface area contributed by atoms with E-state index in [4.69, 9.17) is 0 Å². The summed E-state index contributed by atoms with van der Waals surface area (Å²) in [5, 5.41) is 25.3. The van der Waals surface area contributed by atoms with Gasteiger partial charge in [-0.25, -0.2) is 0 Å². The molecule has 196 valence electrons. The highest BCUT2D eigenvalue weighted by atomic mass is 79.9. The zero-order valence-electron chi connectivity index (χ0n) is 20.8. The Kier molecular flexibility index (Phi) is 6.77. The molecule has 10 heteroatoms. The lowest BCUT2D eigenvalue weighted by atomic mass is 9.85. The van der Waals surface area contributed by atoms with Gasteiger partial charge in [-0.3, -0.25) is 9.59 Å². The average Bonchev–Trinajstić information content (AvgIpc) is 3.28. The van der Waals surface area contributed by atoms with Gasteiger partial charge < -0.3 is 10.0 Å². The number of amides is 1. The topological polar surface area (TPSA) is 112 Å². The molecular formula is C28H28BrN5O3S. The molecule has 8 nitrogen and oxygen atoms in total. The van der Waals surface area contributed by atoms with Gasteiger partial charge in [0.15, 0.2) is 0 Å². The third-order valence-electron chi connectivity index (χ3n) is 7.84. The van der Waals surface area contributed by atoms with Gasteiger partial charge >= 0.3 is 5.97 Å². The van der Waals surface area contributed by atoms with Crippen LogP contribution in [0.3, 0.4) is 0 Å². The molecular weight excluding hydrogens is 566 g/mol. The summed E-state index contributed by atoms with van der Waals surface area (Å²) in [4.78, 5) is 28.5. The standard InChI is InChI=1S/C28H28BrN5O3S/c29-24-21-13-18(15-34(23(35)14-17-3-4-17)16-28(27(36)37)11-1-2-12-28)5-10-22(21)38-25(24)19-6-8-20(9-7-19)26-30-32-33-31-26/h5-10,13,17H,1-4,11-12,14-16H2,(H,36,37)(H,30,31,32,33). The van der Waals surface area contributed by atoms with Crippen molar-refractivity contribution in [2.24, 2.45) is 11.3 Å². The van der Waals surface area contributed by atoms with Crippen LogP contribution < -0.4 is 0 Å². The van der Waals surface area contributed by atoms with E-state index in [1.807, 2.05) is 29.2 Å². The quantitative estimate of drug-likeness (QED) is 0.236. The second-order valence-electron chi connectivity index (χ2n) is 10.6. The van der Waals surface area contributed by atoms with Crippen molar-refractivity contribution in [1.29, 1.82) is 0 Å². The summed E-state index contributed by atoms with van der Waals surface area (Å²) in [6.07, 6.45) is 5.79. The summed E-state index contributed by atoms with van der Waals surface area (Å²) in [5.41, 5.74) is 2.16. The van der Waals surface area contributed by atoms with Crippen LogP contribution >= 0.6 is 27.3 Å². The van der Waals surface area contributed by atoms with E-state index in [2.05, 4.69) is 54.8 Å². The first-order valence-corrected chi connectivity index (χ1v) is 14.6. The Morgan fingerprint density at radius 2 is 1.84 bits per heavy atom. The Morgan fingerprint density at radius 1 is 1.11 bits per heavy atom. The van der Waals surface area contributed by atoms with Crippen molar-refractivity contribution in [3.8, 4) is 21.8 Å². The van der Waals surface area contributed by atoms with E-state index in [1.54, 1.807) is 11.3 Å². The van der Waals surface area contributed by atoms with Gasteiger partial charge in [-0.05, 0) is 76.0 Å². The number of hydrogen-bond acceptors (Lipinski definition) is 6. The number of aromatic amines is 1. The number of aromatic nitrogens is 4. The molecule has 38 heavy (non-hydrogen) atoms. The lowest BCUT2D eigenvalue weighted by Gasteiger charge is -2.32. The van der Waals surface area contributed by atoms with Crippen LogP contribution in [0.4, 0.5) is 0 Å². The Labute approximate surface area is 232 Å². The third kappa shape index (κ3) is 4.99. The van der Waals surface area contributed by atoms with Crippen molar-refractivity contribution < 1.29 is 14.7 Å². The molecule has 2 fully saturated rings. The maximum atomic E-state index is 13.3. The van der Waals surface area contributed by atoms with Crippen molar-refractivity contribution in [2.75, 3.05) is 6.54 Å². The maximum absolute atomic E-state index is 13.3. The number of carboxylic acid groups (broad SMARTS) is 1. The van der Waals surface area contributed by atoms with Gasteiger partial charge in [-0.1, -0.05) is 43.2 Å². The highest BCUT2D eigenvalue weighted by Crippen LogP contribution is 2.44. The number of benzene rings is 2. The SMILES string of the molecule is O=C(CC1CC1)N(Cc1ccc2sc(-c3ccc(-c4nn[nH]n4)cc3)c(Br)c2c1)CC1(C(=O)O)CCCC1. The molecule has 6 rings (SSSR count). The van der Waals surface area contributed by atoms with E-state index < -0.39 is 11.4 Å². The van der Waals surface area contributed by atoms with Gasteiger partial charge in [0, 0.05) is 44.5 Å². The third-order valence-corrected chi connectivity index (χ3v) is 10.1. The zero-order chi connectivity index (χ0) is 26.3. The molecule has 0 saturated heterocycles. The molecule has 0 aliphatic heterocycles. The van der Waals surface area contributed by atoms with E-state index in [0.717, 1.165) is 61.8 Å². The van der Waals surface area contributed by atoms with Crippen LogP contribution in [0, 0.1) is 11.3 Å². The fraction of sp³-hybridized carbons (Fsp3) is 0.393. The second kappa shape index (κ2) is 10.2. The zero-order valence-corrected chi connectivity index (χ0v) is 23.2. The summed E-state index contributed by atoms with van der Waals surface area (Å²) in [6, 6.07) is 14.4. The molecule has 0 radical (unpaired) electrons. The maximum Gasteiger partial charge on any atom is 0.311 e. The van der Waals surface area contributed by atoms with Crippen molar-refractivity contribution in [3.05, 3.63) is 52.5 Å². The summed E-state index contributed by atoms with van der Waals surface area (Å²) < 4.78 is 2.16. The van der Waals surface area contributed by atoms with Gasteiger partial charge in [0.25, 0.3) is 0 Å². The van der Waals surface area contributed by atoms with Crippen LogP contribution in [0.2, 0.25) is 0 Å². The summed E-state index contributed by atoms with van der Waals surface area (Å²) in [5.74, 6) is 0.314. The summed E-state index contributed by atoms with van der Waals surface area (Å²) in [6.45, 7) is 0.711. The first-order chi connectivity index (χ1) is 18.4. The molecule has 2 aliphatic rings. The van der Waals surface area contributed by atoms with Crippen molar-refractivity contribution >= 4 is 49.2 Å². The lowest BCUT2D eigenvalue weighted by molar-refractivity contribution is -0.151. The number of carbonyl (C=O) groups is 2. The molecule has 2 saturated carbocycles. The number of H-pyrrole nitrogens is 1. The largest absolute Gasteiger partial charge is 0.481 e. The number of aliphatic carboxylic acids is 1. The summed E-state index contributed by atoms with van der Waals surface area (Å²) in [7, 11) is 0. The number of rotatable bonds is 9. The molecule has 1 amide bonds. The minimum atomic E-state index is -0.826. The summed E-state index contributed by atoms with van der Waals surface area (Å²) >= 11 is 5.53. The van der Waals surface area contributed by atoms with Crippen LogP contribution in [0.25, 0.3) is 31.9 Å². The molecule has 2 heterocycles. The van der Waals surface area contributed by atoms with E-state index in [0.29, 0.717) is 37.5 Å². The van der Waals surface area contributed by atoms with Crippen LogP contribution in [-0.2, 0) is 16.1 Å². The number of thiophene rings is 1. The van der Waals surface area contributed by atoms with E-state index in [1.165, 1.54) is 0 Å². The van der Waals surface area contributed by atoms with Crippen molar-refractivity contribution in [3.63, 3.8) is 0 Å². The number of carboxylic acids is 1. The molecule has 0 unspecified atom stereocenters. The molecule has 0 atom stereocenters. The first-order valence-electron chi connectivity index (χ1n) is 13.0. The number of carbonyl (C=O) groups excluding carboxylic acids is 1. The smallest absolute Gasteiger partial charge is 0.311 e. The van der Waals surface area contributed by atoms with Crippen LogP contribution in [0.5, 0.6) is 0 Å². The Balaban J connectivity index is 1.27. The van der Waals surface area contributed by atoms with Gasteiger partial charge in [-0.15, -0.1) is 21.5 Å². The fourth-order valence-electron chi connectivity index (χ4n) is 5.46. The molecule has 2 aromatic carbocycles. The van der Waals surface area contributed by atoms with Crippen molar-refractivity contribution in [2.45, 2.75) is 51.5 Å². The molecule has 2 N–H and O–H groups in total. The van der Waals surface area contributed by atoms with Crippen LogP contribution in [0.1, 0.15) is 50.5 Å². The van der Waals surface area contributed by atoms with Gasteiger partial charge in [0.1, 0.15) is 0 Å². The number of tetrazole rings is 1. The number of halogens is 1. The van der Waals surface area contributed by atoms with E-state index in [9.17, 15) is 14.7 Å². The molecule has 4 aromatic rings. The Morgan fingerprint density at radius 3 is 2.50 bits per heavy atom. The number of nitrogens with one attached hydrogen (secondary N) is 1. The molecule has 0 bridgehead atoms. The minimum absolute atomic E-state index is 0.0758. The lowest BCUT2D eigenvalue weighted by Crippen LogP contribution is -2.44. The van der Waals surface area contributed by atoms with Gasteiger partial charge in [0.05, 0.1) is 5.41 Å². The molecule has 0 spiro atoms. The number of fused-ring (bicyclic) bond motifs is 1. The predicted molar refractivity (Wildman–Crippen MR) is 149 cm³/mol. The van der Waals surface area contributed by atoms with Gasteiger partial charge in [0.2, 0.25) is 11.7 Å². The Hall–Kier alpha value is -3.11. The van der Waals surface area contributed by atoms with Gasteiger partial charge in [-0.2, -0.15) is 5.21 Å².